The molecule has 1 amide bonds. The monoisotopic (exact) mass is 329 g/mol. The van der Waals surface area contributed by atoms with Gasteiger partial charge in [0.2, 0.25) is 0 Å². The Kier molecular flexibility index (Phi) is 4.76. The van der Waals surface area contributed by atoms with Crippen LogP contribution in [0.1, 0.15) is 10.4 Å². The fraction of sp³-hybridized carbons (Fsp3) is 0.0714. The van der Waals surface area contributed by atoms with Crippen LogP contribution in [0, 0.1) is 0 Å². The van der Waals surface area contributed by atoms with Crippen LogP contribution in [0.25, 0.3) is 0 Å². The molecule has 0 aliphatic rings. The maximum atomic E-state index is 12.1. The van der Waals surface area contributed by atoms with E-state index < -0.39 is 0 Å². The lowest BCUT2D eigenvalue weighted by molar-refractivity contribution is 0.102. The highest BCUT2D eigenvalue weighted by Gasteiger charge is 2.09. The maximum Gasteiger partial charge on any atom is 0.255 e. The molecule has 3 nitrogen and oxygen atoms in total. The molecule has 0 fully saturated rings. The summed E-state index contributed by atoms with van der Waals surface area (Å²) in [7, 11) is 1.52. The normalized spacial score (nSPS) is 10.2. The number of carbonyl (C=O) groups excluding carboxylic acids is 1. The topological polar surface area (TPSA) is 38.3 Å². The summed E-state index contributed by atoms with van der Waals surface area (Å²) in [5.74, 6) is 0.214. The van der Waals surface area contributed by atoms with Crippen LogP contribution in [0.3, 0.4) is 0 Å². The molecule has 0 saturated heterocycles. The molecule has 2 aromatic rings. The summed E-state index contributed by atoms with van der Waals surface area (Å²) in [6.07, 6.45) is 0. The van der Waals surface area contributed by atoms with E-state index in [-0.39, 0.29) is 5.91 Å². The van der Waals surface area contributed by atoms with Crippen molar-refractivity contribution < 1.29 is 9.53 Å². The first kappa shape index (κ1) is 15.0. The number of halogens is 3. The Morgan fingerprint density at radius 1 is 1.05 bits per heavy atom. The molecule has 0 radical (unpaired) electrons. The minimum absolute atomic E-state index is 0.323. The van der Waals surface area contributed by atoms with Crippen LogP contribution in [0.5, 0.6) is 5.75 Å². The van der Waals surface area contributed by atoms with Gasteiger partial charge in [0.15, 0.2) is 0 Å². The highest BCUT2D eigenvalue weighted by atomic mass is 35.5. The lowest BCUT2D eigenvalue weighted by Gasteiger charge is -2.08. The molecule has 6 heteroatoms. The first-order valence-corrected chi connectivity index (χ1v) is 6.74. The number of hydrogen-bond donors (Lipinski definition) is 1. The Hall–Kier alpha value is -1.42. The molecule has 1 N–H and O–H groups in total. The second kappa shape index (κ2) is 6.35. The van der Waals surface area contributed by atoms with E-state index >= 15 is 0 Å². The van der Waals surface area contributed by atoms with Gasteiger partial charge in [-0.1, -0.05) is 34.8 Å². The summed E-state index contributed by atoms with van der Waals surface area (Å²) >= 11 is 17.7. The van der Waals surface area contributed by atoms with Crippen LogP contribution in [0.4, 0.5) is 5.69 Å². The van der Waals surface area contributed by atoms with Crippen LogP contribution in [-0.2, 0) is 0 Å². The van der Waals surface area contributed by atoms with Crippen molar-refractivity contribution in [2.24, 2.45) is 0 Å². The van der Waals surface area contributed by atoms with Gasteiger partial charge in [0.25, 0.3) is 5.91 Å². The molecule has 2 rings (SSSR count). The van der Waals surface area contributed by atoms with Crippen LogP contribution in [0.2, 0.25) is 15.1 Å². The van der Waals surface area contributed by atoms with E-state index in [1.807, 2.05) is 0 Å². The molecule has 0 bridgehead atoms. The van der Waals surface area contributed by atoms with Gasteiger partial charge >= 0.3 is 0 Å². The summed E-state index contributed by atoms with van der Waals surface area (Å²) in [6.45, 7) is 0. The van der Waals surface area contributed by atoms with Crippen LogP contribution in [0.15, 0.2) is 36.4 Å². The van der Waals surface area contributed by atoms with E-state index in [0.717, 1.165) is 0 Å². The zero-order chi connectivity index (χ0) is 14.7. The highest BCUT2D eigenvalue weighted by Crippen LogP contribution is 2.27. The lowest BCUT2D eigenvalue weighted by atomic mass is 10.2. The minimum atomic E-state index is -0.323. The summed E-state index contributed by atoms with van der Waals surface area (Å²) in [5.41, 5.74) is 0.923. The highest BCUT2D eigenvalue weighted by molar-refractivity contribution is 6.35. The molecule has 0 heterocycles. The van der Waals surface area contributed by atoms with Gasteiger partial charge in [0, 0.05) is 21.3 Å². The SMILES string of the molecule is COc1ccc(NC(=O)c2cc(Cl)cc(Cl)c2)cc1Cl. The number of amides is 1. The molecule has 0 unspecified atom stereocenters. The van der Waals surface area contributed by atoms with Gasteiger partial charge in [-0.05, 0) is 36.4 Å². The van der Waals surface area contributed by atoms with Gasteiger partial charge < -0.3 is 10.1 Å². The number of anilines is 1. The third-order valence-corrected chi connectivity index (χ3v) is 3.27. The van der Waals surface area contributed by atoms with Crippen molar-refractivity contribution in [3.8, 4) is 5.75 Å². The zero-order valence-electron chi connectivity index (χ0n) is 10.4. The van der Waals surface area contributed by atoms with Gasteiger partial charge in [0.1, 0.15) is 5.75 Å². The third-order valence-electron chi connectivity index (χ3n) is 2.53. The maximum absolute atomic E-state index is 12.1. The summed E-state index contributed by atoms with van der Waals surface area (Å²) < 4.78 is 5.04. The van der Waals surface area contributed by atoms with Gasteiger partial charge in [0.05, 0.1) is 12.1 Å². The standard InChI is InChI=1S/C14H10Cl3NO2/c1-20-13-3-2-11(7-12(13)17)18-14(19)8-4-9(15)6-10(16)5-8/h2-7H,1H3,(H,18,19). The second-order valence-electron chi connectivity index (χ2n) is 3.96. The van der Waals surface area contributed by atoms with Gasteiger partial charge in [-0.25, -0.2) is 0 Å². The molecule has 104 valence electrons. The second-order valence-corrected chi connectivity index (χ2v) is 5.24. The van der Waals surface area contributed by atoms with Crippen LogP contribution < -0.4 is 10.1 Å². The van der Waals surface area contributed by atoms with Crippen molar-refractivity contribution in [2.75, 3.05) is 12.4 Å². The smallest absolute Gasteiger partial charge is 0.255 e. The van der Waals surface area contributed by atoms with Crippen molar-refractivity contribution in [2.45, 2.75) is 0 Å². The predicted molar refractivity (Wildman–Crippen MR) is 82.4 cm³/mol. The van der Waals surface area contributed by atoms with Gasteiger partial charge in [-0.2, -0.15) is 0 Å². The Bertz CT molecular complexity index is 639. The first-order chi connectivity index (χ1) is 9.49. The molecule has 0 aromatic heterocycles. The number of rotatable bonds is 3. The molecule has 0 aliphatic heterocycles. The minimum Gasteiger partial charge on any atom is -0.495 e. The summed E-state index contributed by atoms with van der Waals surface area (Å²) in [5, 5.41) is 3.92. The number of hydrogen-bond acceptors (Lipinski definition) is 2. The summed E-state index contributed by atoms with van der Waals surface area (Å²) in [6, 6.07) is 9.59. The molecular formula is C14H10Cl3NO2. The molecule has 2 aromatic carbocycles. The molecule has 0 saturated carbocycles. The van der Waals surface area contributed by atoms with E-state index in [9.17, 15) is 4.79 Å². The number of benzene rings is 2. The van der Waals surface area contributed by atoms with E-state index in [1.54, 1.807) is 24.3 Å². The van der Waals surface area contributed by atoms with E-state index in [2.05, 4.69) is 5.32 Å². The molecule has 0 spiro atoms. The predicted octanol–water partition coefficient (Wildman–Crippen LogP) is 4.91. The van der Waals surface area contributed by atoms with Crippen LogP contribution >= 0.6 is 34.8 Å². The Morgan fingerprint density at radius 2 is 1.70 bits per heavy atom. The number of nitrogens with one attached hydrogen (secondary N) is 1. The first-order valence-electron chi connectivity index (χ1n) is 5.60. The van der Waals surface area contributed by atoms with Crippen molar-refractivity contribution in [1.82, 2.24) is 0 Å². The van der Waals surface area contributed by atoms with Gasteiger partial charge in [-0.15, -0.1) is 0 Å². The largest absolute Gasteiger partial charge is 0.495 e. The zero-order valence-corrected chi connectivity index (χ0v) is 12.7. The van der Waals surface area contributed by atoms with Crippen LogP contribution in [-0.4, -0.2) is 13.0 Å². The fourth-order valence-electron chi connectivity index (χ4n) is 1.63. The van der Waals surface area contributed by atoms with Gasteiger partial charge in [-0.3, -0.25) is 4.79 Å². The molecular weight excluding hydrogens is 321 g/mol. The quantitative estimate of drug-likeness (QED) is 0.868. The Labute approximate surface area is 131 Å². The Morgan fingerprint density at radius 3 is 2.25 bits per heavy atom. The molecule has 20 heavy (non-hydrogen) atoms. The third kappa shape index (κ3) is 3.57. The lowest BCUT2D eigenvalue weighted by Crippen LogP contribution is -2.11. The summed E-state index contributed by atoms with van der Waals surface area (Å²) in [4.78, 5) is 12.1. The van der Waals surface area contributed by atoms with Crippen molar-refractivity contribution in [3.05, 3.63) is 57.0 Å². The van der Waals surface area contributed by atoms with E-state index in [0.29, 0.717) is 32.1 Å². The average molecular weight is 331 g/mol. The molecule has 0 atom stereocenters. The number of ether oxygens (including phenoxy) is 1. The van der Waals surface area contributed by atoms with Crippen molar-refractivity contribution in [1.29, 1.82) is 0 Å². The molecule has 0 aliphatic carbocycles. The number of methoxy groups -OCH3 is 1. The average Bonchev–Trinajstić information content (AvgIpc) is 2.37. The Balaban J connectivity index is 2.21. The fourth-order valence-corrected chi connectivity index (χ4v) is 2.42. The van der Waals surface area contributed by atoms with Crippen molar-refractivity contribution >= 4 is 46.4 Å². The van der Waals surface area contributed by atoms with E-state index in [1.165, 1.54) is 19.2 Å². The van der Waals surface area contributed by atoms with Crippen molar-refractivity contribution in [3.63, 3.8) is 0 Å². The van der Waals surface area contributed by atoms with E-state index in [4.69, 9.17) is 39.5 Å². The number of carbonyl (C=O) groups is 1.